The summed E-state index contributed by atoms with van der Waals surface area (Å²) in [4.78, 5) is 14.9. The Morgan fingerprint density at radius 3 is 3.18 bits per heavy atom. The molecule has 112 valence electrons. The van der Waals surface area contributed by atoms with Gasteiger partial charge in [0, 0.05) is 24.3 Å². The zero-order chi connectivity index (χ0) is 14.9. The van der Waals surface area contributed by atoms with Crippen molar-refractivity contribution in [2.24, 2.45) is 0 Å². The third-order valence-electron chi connectivity index (χ3n) is 4.31. The van der Waals surface area contributed by atoms with Gasteiger partial charge in [-0.05, 0) is 31.0 Å². The van der Waals surface area contributed by atoms with Gasteiger partial charge in [-0.15, -0.1) is 0 Å². The highest BCUT2D eigenvalue weighted by molar-refractivity contribution is 6.06. The van der Waals surface area contributed by atoms with Gasteiger partial charge in [-0.1, -0.05) is 6.07 Å². The average molecular weight is 295 g/mol. The molecule has 1 amide bonds. The summed E-state index contributed by atoms with van der Waals surface area (Å²) >= 11 is 0. The Morgan fingerprint density at radius 1 is 1.36 bits per heavy atom. The van der Waals surface area contributed by atoms with Crippen LogP contribution in [-0.4, -0.2) is 43.4 Å². The number of benzene rings is 1. The fourth-order valence-electron chi connectivity index (χ4n) is 3.23. The van der Waals surface area contributed by atoms with Crippen molar-refractivity contribution in [1.82, 2.24) is 24.9 Å². The minimum atomic E-state index is 0.0849. The van der Waals surface area contributed by atoms with E-state index < -0.39 is 0 Å². The van der Waals surface area contributed by atoms with Crippen LogP contribution in [0.4, 0.5) is 0 Å². The van der Waals surface area contributed by atoms with Gasteiger partial charge >= 0.3 is 0 Å². The molecule has 0 bridgehead atoms. The van der Waals surface area contributed by atoms with Gasteiger partial charge in [0.2, 0.25) is 0 Å². The number of aromatic amines is 1. The molecule has 0 unspecified atom stereocenters. The molecule has 1 aliphatic heterocycles. The van der Waals surface area contributed by atoms with Crippen molar-refractivity contribution in [3.8, 4) is 0 Å². The number of nitrogens with zero attached hydrogens (tertiary/aromatic N) is 4. The second kappa shape index (κ2) is 5.29. The van der Waals surface area contributed by atoms with Gasteiger partial charge in [-0.25, -0.2) is 0 Å². The normalized spacial score (nSPS) is 18.2. The summed E-state index contributed by atoms with van der Waals surface area (Å²) in [6, 6.07) is 7.82. The van der Waals surface area contributed by atoms with Gasteiger partial charge in [0.25, 0.3) is 5.91 Å². The lowest BCUT2D eigenvalue weighted by molar-refractivity contribution is 0.0723. The van der Waals surface area contributed by atoms with E-state index in [4.69, 9.17) is 0 Å². The lowest BCUT2D eigenvalue weighted by Crippen LogP contribution is -2.38. The predicted octanol–water partition coefficient (Wildman–Crippen LogP) is 2.06. The Labute approximate surface area is 127 Å². The third kappa shape index (κ3) is 2.16. The number of hydrogen-bond acceptors (Lipinski definition) is 3. The monoisotopic (exact) mass is 295 g/mol. The maximum Gasteiger partial charge on any atom is 0.254 e. The van der Waals surface area contributed by atoms with E-state index in [9.17, 15) is 4.79 Å². The van der Waals surface area contributed by atoms with E-state index in [1.165, 1.54) is 0 Å². The number of H-pyrrole nitrogens is 1. The van der Waals surface area contributed by atoms with Crippen LogP contribution in [0.1, 0.15) is 23.2 Å². The minimum absolute atomic E-state index is 0.0849. The molecule has 3 aromatic rings. The molecule has 22 heavy (non-hydrogen) atoms. The number of fused-ring (bicyclic) bond motifs is 1. The molecule has 0 spiro atoms. The van der Waals surface area contributed by atoms with Crippen LogP contribution in [0, 0.1) is 0 Å². The number of rotatable bonds is 3. The molecular weight excluding hydrogens is 278 g/mol. The van der Waals surface area contributed by atoms with Crippen LogP contribution in [0.2, 0.25) is 0 Å². The number of aromatic nitrogens is 4. The van der Waals surface area contributed by atoms with E-state index in [0.717, 1.165) is 42.4 Å². The SMILES string of the molecule is O=C(c1cccc2[nH]ncc12)N1CCC[C@@H]1Cn1cccn1. The smallest absolute Gasteiger partial charge is 0.254 e. The third-order valence-corrected chi connectivity index (χ3v) is 4.31. The van der Waals surface area contributed by atoms with E-state index in [-0.39, 0.29) is 11.9 Å². The molecule has 0 radical (unpaired) electrons. The summed E-state index contributed by atoms with van der Waals surface area (Å²) in [6.07, 6.45) is 7.50. The highest BCUT2D eigenvalue weighted by Crippen LogP contribution is 2.24. The quantitative estimate of drug-likeness (QED) is 0.804. The lowest BCUT2D eigenvalue weighted by atomic mass is 10.1. The van der Waals surface area contributed by atoms with Crippen LogP contribution in [-0.2, 0) is 6.54 Å². The first-order valence-electron chi connectivity index (χ1n) is 7.53. The molecule has 1 aromatic carbocycles. The Balaban J connectivity index is 1.62. The first kappa shape index (κ1) is 13.1. The molecule has 2 aromatic heterocycles. The number of carbonyl (C=O) groups excluding carboxylic acids is 1. The van der Waals surface area contributed by atoms with Crippen molar-refractivity contribution in [3.05, 3.63) is 48.4 Å². The molecular formula is C16H17N5O. The predicted molar refractivity (Wildman–Crippen MR) is 82.4 cm³/mol. The highest BCUT2D eigenvalue weighted by Gasteiger charge is 2.30. The number of likely N-dealkylation sites (tertiary alicyclic amines) is 1. The molecule has 1 saturated heterocycles. The molecule has 4 rings (SSSR count). The first-order valence-corrected chi connectivity index (χ1v) is 7.53. The summed E-state index contributed by atoms with van der Waals surface area (Å²) in [6.45, 7) is 1.55. The molecule has 1 N–H and O–H groups in total. The summed E-state index contributed by atoms with van der Waals surface area (Å²) in [5, 5.41) is 12.1. The highest BCUT2D eigenvalue weighted by atomic mass is 16.2. The molecule has 6 nitrogen and oxygen atoms in total. The molecule has 1 atom stereocenters. The van der Waals surface area contributed by atoms with Crippen LogP contribution >= 0.6 is 0 Å². The summed E-state index contributed by atoms with van der Waals surface area (Å²) in [7, 11) is 0. The van der Waals surface area contributed by atoms with Crippen LogP contribution < -0.4 is 0 Å². The van der Waals surface area contributed by atoms with Crippen molar-refractivity contribution in [1.29, 1.82) is 0 Å². The fourth-order valence-corrected chi connectivity index (χ4v) is 3.23. The van der Waals surface area contributed by atoms with E-state index in [1.54, 1.807) is 12.4 Å². The summed E-state index contributed by atoms with van der Waals surface area (Å²) in [5.74, 6) is 0.0849. The molecule has 3 heterocycles. The van der Waals surface area contributed by atoms with Gasteiger partial charge in [0.15, 0.2) is 0 Å². The molecule has 0 saturated carbocycles. The van der Waals surface area contributed by atoms with Crippen molar-refractivity contribution in [2.75, 3.05) is 6.54 Å². The Bertz CT molecular complexity index is 792. The Hall–Kier alpha value is -2.63. The zero-order valence-corrected chi connectivity index (χ0v) is 12.1. The Kier molecular flexibility index (Phi) is 3.14. The van der Waals surface area contributed by atoms with E-state index in [2.05, 4.69) is 15.3 Å². The van der Waals surface area contributed by atoms with E-state index in [0.29, 0.717) is 0 Å². The van der Waals surface area contributed by atoms with Gasteiger partial charge in [-0.2, -0.15) is 10.2 Å². The van der Waals surface area contributed by atoms with Crippen LogP contribution in [0.3, 0.4) is 0 Å². The van der Waals surface area contributed by atoms with Gasteiger partial charge in [0.1, 0.15) is 0 Å². The summed E-state index contributed by atoms with van der Waals surface area (Å²) < 4.78 is 1.90. The van der Waals surface area contributed by atoms with Crippen molar-refractivity contribution in [3.63, 3.8) is 0 Å². The second-order valence-electron chi connectivity index (χ2n) is 5.66. The second-order valence-corrected chi connectivity index (χ2v) is 5.66. The maximum absolute atomic E-state index is 13.0. The molecule has 6 heteroatoms. The first-order chi connectivity index (χ1) is 10.8. The fraction of sp³-hybridized carbons (Fsp3) is 0.312. The Morgan fingerprint density at radius 2 is 2.32 bits per heavy atom. The maximum atomic E-state index is 13.0. The van der Waals surface area contributed by atoms with Gasteiger partial charge in [0.05, 0.1) is 29.9 Å². The lowest BCUT2D eigenvalue weighted by Gasteiger charge is -2.25. The zero-order valence-electron chi connectivity index (χ0n) is 12.1. The van der Waals surface area contributed by atoms with Crippen molar-refractivity contribution in [2.45, 2.75) is 25.4 Å². The van der Waals surface area contributed by atoms with E-state index in [1.807, 2.05) is 40.0 Å². The number of carbonyl (C=O) groups is 1. The van der Waals surface area contributed by atoms with Gasteiger partial charge < -0.3 is 4.90 Å². The number of amides is 1. The minimum Gasteiger partial charge on any atom is -0.334 e. The largest absolute Gasteiger partial charge is 0.334 e. The van der Waals surface area contributed by atoms with Crippen molar-refractivity contribution < 1.29 is 4.79 Å². The van der Waals surface area contributed by atoms with E-state index >= 15 is 0 Å². The number of hydrogen-bond donors (Lipinski definition) is 1. The standard InChI is InChI=1S/C16H17N5O/c22-16(13-5-1-6-15-14(13)10-17-19-15)21-9-2-4-12(21)11-20-8-3-7-18-20/h1,3,5-8,10,12H,2,4,9,11H2,(H,17,19)/t12-/m1/s1. The number of nitrogens with one attached hydrogen (secondary N) is 1. The van der Waals surface area contributed by atoms with Gasteiger partial charge in [-0.3, -0.25) is 14.6 Å². The van der Waals surface area contributed by atoms with Crippen LogP contribution in [0.15, 0.2) is 42.9 Å². The average Bonchev–Trinajstić information content (AvgIpc) is 3.27. The molecule has 1 aliphatic rings. The van der Waals surface area contributed by atoms with Crippen LogP contribution in [0.25, 0.3) is 10.9 Å². The van der Waals surface area contributed by atoms with Crippen LogP contribution in [0.5, 0.6) is 0 Å². The topological polar surface area (TPSA) is 66.8 Å². The molecule has 0 aliphatic carbocycles. The molecule has 1 fully saturated rings. The summed E-state index contributed by atoms with van der Waals surface area (Å²) in [5.41, 5.74) is 1.62. The van der Waals surface area contributed by atoms with Crippen molar-refractivity contribution >= 4 is 16.8 Å².